The number of alkyl halides is 3. The number of para-hydroxylation sites is 1. The van der Waals surface area contributed by atoms with E-state index in [0.29, 0.717) is 19.6 Å². The molecule has 0 aliphatic carbocycles. The third-order valence-corrected chi connectivity index (χ3v) is 7.69. The molecule has 10 heteroatoms. The molecule has 2 aliphatic heterocycles. The maximum Gasteiger partial charge on any atom is 0.389 e. The number of hydrogen-bond acceptors (Lipinski definition) is 5. The minimum atomic E-state index is -4.39. The minimum Gasteiger partial charge on any atom is -0.337 e. The van der Waals surface area contributed by atoms with Crippen LogP contribution in [0.4, 0.5) is 18.9 Å². The minimum absolute atomic E-state index is 0.0172. The summed E-state index contributed by atoms with van der Waals surface area (Å²) in [6.07, 6.45) is -0.757. The molecular weight excluding hydrogens is 477 g/mol. The highest BCUT2D eigenvalue weighted by Crippen LogP contribution is 2.32. The van der Waals surface area contributed by atoms with Gasteiger partial charge in [0.15, 0.2) is 0 Å². The van der Waals surface area contributed by atoms with E-state index in [1.54, 1.807) is 27.3 Å². The summed E-state index contributed by atoms with van der Waals surface area (Å²) in [5, 5.41) is 2.90. The summed E-state index contributed by atoms with van der Waals surface area (Å²) in [4.78, 5) is 35.9. The van der Waals surface area contributed by atoms with Crippen LogP contribution in [0.3, 0.4) is 0 Å². The Bertz CT molecular complexity index is 1010. The number of carbonyl (C=O) groups excluding carboxylic acids is 2. The second-order valence-corrected chi connectivity index (χ2v) is 10.3. The average molecular weight is 509 g/mol. The van der Waals surface area contributed by atoms with Crippen LogP contribution in [0.1, 0.15) is 56.0 Å². The lowest BCUT2D eigenvalue weighted by Gasteiger charge is -2.43. The third-order valence-electron chi connectivity index (χ3n) is 6.93. The van der Waals surface area contributed by atoms with E-state index in [4.69, 9.17) is 0 Å². The van der Waals surface area contributed by atoms with Crippen molar-refractivity contribution in [3.8, 4) is 0 Å². The molecule has 1 saturated heterocycles. The zero-order valence-corrected chi connectivity index (χ0v) is 20.7. The molecule has 2 bridgehead atoms. The average Bonchev–Trinajstić information content (AvgIpc) is 3.31. The second kappa shape index (κ2) is 11.1. The smallest absolute Gasteiger partial charge is 0.337 e. The maximum atomic E-state index is 13.1. The molecule has 4 rings (SSSR count). The number of halogens is 3. The Morgan fingerprint density at radius 2 is 1.91 bits per heavy atom. The molecule has 2 aliphatic rings. The number of carbonyl (C=O) groups is 2. The third kappa shape index (κ3) is 6.61. The number of anilines is 1. The maximum absolute atomic E-state index is 13.1. The Hall–Kier alpha value is -2.46. The molecule has 2 amide bonds. The van der Waals surface area contributed by atoms with Gasteiger partial charge in [-0.1, -0.05) is 24.6 Å². The van der Waals surface area contributed by atoms with Gasteiger partial charge in [0, 0.05) is 62.3 Å². The molecule has 0 spiro atoms. The molecular formula is C25H31F3N4O2S. The van der Waals surface area contributed by atoms with Crippen LogP contribution >= 0.6 is 11.3 Å². The monoisotopic (exact) mass is 508 g/mol. The Kier molecular flexibility index (Phi) is 8.11. The van der Waals surface area contributed by atoms with Gasteiger partial charge in [-0.2, -0.15) is 13.2 Å². The molecule has 0 saturated carbocycles. The highest BCUT2D eigenvalue weighted by molar-refractivity contribution is 7.09. The summed E-state index contributed by atoms with van der Waals surface area (Å²) < 4.78 is 38.8. The predicted octanol–water partition coefficient (Wildman–Crippen LogP) is 4.99. The van der Waals surface area contributed by atoms with Crippen LogP contribution in [-0.2, 0) is 22.7 Å². The van der Waals surface area contributed by atoms with Crippen LogP contribution in [0.2, 0.25) is 0 Å². The van der Waals surface area contributed by atoms with E-state index in [1.165, 1.54) is 6.92 Å². The van der Waals surface area contributed by atoms with Crippen LogP contribution in [0.15, 0.2) is 35.8 Å². The molecule has 1 fully saturated rings. The van der Waals surface area contributed by atoms with Crippen LogP contribution in [0.5, 0.6) is 0 Å². The first-order valence-electron chi connectivity index (χ1n) is 12.1. The topological polar surface area (TPSA) is 56.8 Å². The summed E-state index contributed by atoms with van der Waals surface area (Å²) in [6.45, 7) is 3.22. The number of nitrogens with zero attached hydrogens (tertiary/aromatic N) is 4. The van der Waals surface area contributed by atoms with Gasteiger partial charge in [-0.05, 0) is 30.9 Å². The molecule has 1 aromatic carbocycles. The van der Waals surface area contributed by atoms with Crippen molar-refractivity contribution in [2.24, 2.45) is 0 Å². The van der Waals surface area contributed by atoms with Crippen LogP contribution in [-0.4, -0.2) is 57.9 Å². The van der Waals surface area contributed by atoms with Crippen molar-refractivity contribution < 1.29 is 22.8 Å². The van der Waals surface area contributed by atoms with Gasteiger partial charge in [-0.15, -0.1) is 11.3 Å². The van der Waals surface area contributed by atoms with Crippen LogP contribution in [0.25, 0.3) is 0 Å². The van der Waals surface area contributed by atoms with Crippen molar-refractivity contribution in [2.45, 2.75) is 76.8 Å². The number of aromatic nitrogens is 1. The number of thiazole rings is 1. The van der Waals surface area contributed by atoms with Gasteiger partial charge >= 0.3 is 6.18 Å². The molecule has 2 aromatic rings. The Labute approximate surface area is 207 Å². The Morgan fingerprint density at radius 3 is 2.63 bits per heavy atom. The summed E-state index contributed by atoms with van der Waals surface area (Å²) in [6, 6.07) is 7.60. The molecule has 190 valence electrons. The predicted molar refractivity (Wildman–Crippen MR) is 129 cm³/mol. The zero-order chi connectivity index (χ0) is 25.0. The zero-order valence-electron chi connectivity index (χ0n) is 19.8. The van der Waals surface area contributed by atoms with E-state index in [9.17, 15) is 22.8 Å². The van der Waals surface area contributed by atoms with E-state index < -0.39 is 24.9 Å². The van der Waals surface area contributed by atoms with Crippen LogP contribution < -0.4 is 4.90 Å². The number of piperidine rings is 1. The number of amides is 2. The van der Waals surface area contributed by atoms with E-state index >= 15 is 0 Å². The Balaban J connectivity index is 1.70. The summed E-state index contributed by atoms with van der Waals surface area (Å²) in [5.41, 5.74) is 1.49. The Morgan fingerprint density at radius 1 is 1.14 bits per heavy atom. The lowest BCUT2D eigenvalue weighted by molar-refractivity contribution is -0.150. The van der Waals surface area contributed by atoms with E-state index in [0.717, 1.165) is 41.9 Å². The summed E-state index contributed by atoms with van der Waals surface area (Å²) in [5.74, 6) is -0.604. The first-order chi connectivity index (χ1) is 16.7. The van der Waals surface area contributed by atoms with Crippen molar-refractivity contribution in [3.63, 3.8) is 0 Å². The van der Waals surface area contributed by atoms with Crippen molar-refractivity contribution in [1.29, 1.82) is 0 Å². The number of fused-ring (bicyclic) bond motifs is 3. The molecule has 0 N–H and O–H groups in total. The molecule has 2 atom stereocenters. The fourth-order valence-electron chi connectivity index (χ4n) is 5.23. The van der Waals surface area contributed by atoms with E-state index in [-0.39, 0.29) is 24.5 Å². The fourth-order valence-corrected chi connectivity index (χ4v) is 5.85. The second-order valence-electron chi connectivity index (χ2n) is 9.31. The van der Waals surface area contributed by atoms with Gasteiger partial charge in [0.05, 0.1) is 13.0 Å². The van der Waals surface area contributed by atoms with Gasteiger partial charge in [-0.25, -0.2) is 4.98 Å². The molecule has 3 heterocycles. The highest BCUT2D eigenvalue weighted by Gasteiger charge is 2.36. The van der Waals surface area contributed by atoms with Crippen molar-refractivity contribution >= 4 is 28.8 Å². The molecule has 35 heavy (non-hydrogen) atoms. The summed E-state index contributed by atoms with van der Waals surface area (Å²) in [7, 11) is 0. The lowest BCUT2D eigenvalue weighted by Crippen LogP contribution is -2.52. The standard InChI is InChI=1S/C25H31F3N4O2S/c1-18(33)31-13-10-20-6-4-7-21(32(20)17-23-29-12-14-35-23)16-30(24(34)9-11-25(26,27)28)15-19-5-2-3-8-22(19)31/h2-3,5,8,12,14,20-21H,4,6-7,9-11,13,15-17H2,1H3. The van der Waals surface area contributed by atoms with Gasteiger partial charge in [0.1, 0.15) is 5.01 Å². The van der Waals surface area contributed by atoms with Crippen molar-refractivity contribution in [3.05, 3.63) is 46.4 Å². The van der Waals surface area contributed by atoms with Gasteiger partial charge in [0.2, 0.25) is 11.8 Å². The summed E-state index contributed by atoms with van der Waals surface area (Å²) >= 11 is 1.57. The largest absolute Gasteiger partial charge is 0.389 e. The van der Waals surface area contributed by atoms with Crippen molar-refractivity contribution in [1.82, 2.24) is 14.8 Å². The van der Waals surface area contributed by atoms with Gasteiger partial charge < -0.3 is 9.80 Å². The lowest BCUT2D eigenvalue weighted by atomic mass is 9.92. The van der Waals surface area contributed by atoms with Crippen LogP contribution in [0, 0.1) is 0 Å². The van der Waals surface area contributed by atoms with Gasteiger partial charge in [0.25, 0.3) is 0 Å². The van der Waals surface area contributed by atoms with Gasteiger partial charge in [-0.3, -0.25) is 14.5 Å². The fraction of sp³-hybridized carbons (Fsp3) is 0.560. The molecule has 2 unspecified atom stereocenters. The highest BCUT2D eigenvalue weighted by atomic mass is 32.1. The SMILES string of the molecule is CC(=O)N1CCC2CCCC(CN(C(=O)CCC(F)(F)F)Cc3ccccc31)N2Cc1nccs1. The first-order valence-corrected chi connectivity index (χ1v) is 12.9. The first kappa shape index (κ1) is 25.6. The number of rotatable bonds is 4. The number of benzene rings is 1. The molecule has 6 nitrogen and oxygen atoms in total. The molecule has 0 radical (unpaired) electrons. The van der Waals surface area contributed by atoms with E-state index in [1.807, 2.05) is 29.6 Å². The van der Waals surface area contributed by atoms with E-state index in [2.05, 4.69) is 9.88 Å². The normalized spacial score (nSPS) is 21.8. The molecule has 1 aromatic heterocycles. The van der Waals surface area contributed by atoms with Crippen molar-refractivity contribution in [2.75, 3.05) is 18.0 Å². The number of hydrogen-bond donors (Lipinski definition) is 0. The quantitative estimate of drug-likeness (QED) is 0.584.